The fourth-order valence-corrected chi connectivity index (χ4v) is 2.18. The zero-order chi connectivity index (χ0) is 12.4. The van der Waals surface area contributed by atoms with Gasteiger partial charge in [0.15, 0.2) is 5.78 Å². The molecule has 0 N–H and O–H groups in total. The molecule has 0 radical (unpaired) electrons. The van der Waals surface area contributed by atoms with Crippen LogP contribution in [0.4, 0.5) is 0 Å². The van der Waals surface area contributed by atoms with Crippen molar-refractivity contribution in [2.24, 2.45) is 0 Å². The van der Waals surface area contributed by atoms with Gasteiger partial charge in [0.2, 0.25) is 0 Å². The summed E-state index contributed by atoms with van der Waals surface area (Å²) in [6.45, 7) is 1.32. The molecule has 0 amide bonds. The Bertz CT molecular complexity index is 493. The molecule has 2 atom stereocenters. The molecule has 1 aromatic rings. The lowest BCUT2D eigenvalue weighted by Gasteiger charge is -2.19. The van der Waals surface area contributed by atoms with Gasteiger partial charge in [-0.2, -0.15) is 0 Å². The normalized spacial score (nSPS) is 22.8. The minimum atomic E-state index is -0.556. The van der Waals surface area contributed by atoms with Crippen molar-refractivity contribution in [1.82, 2.24) is 0 Å². The van der Waals surface area contributed by atoms with Gasteiger partial charge in [-0.3, -0.25) is 9.59 Å². The molecule has 1 aliphatic rings. The van der Waals surface area contributed by atoms with E-state index in [0.29, 0.717) is 10.6 Å². The van der Waals surface area contributed by atoms with Crippen LogP contribution in [0.2, 0.25) is 5.02 Å². The van der Waals surface area contributed by atoms with Gasteiger partial charge in [-0.05, 0) is 23.8 Å². The molecule has 0 saturated carbocycles. The molecular formula is C13H11ClO3. The average Bonchev–Trinajstić information content (AvgIpc) is 2.60. The molecule has 4 heteroatoms. The predicted octanol–water partition coefficient (Wildman–Crippen LogP) is 2.49. The second-order valence-electron chi connectivity index (χ2n) is 3.83. The van der Waals surface area contributed by atoms with Gasteiger partial charge in [-0.1, -0.05) is 29.8 Å². The van der Waals surface area contributed by atoms with Gasteiger partial charge < -0.3 is 4.74 Å². The Hall–Kier alpha value is -1.61. The van der Waals surface area contributed by atoms with Crippen LogP contribution in [0.15, 0.2) is 36.4 Å². The summed E-state index contributed by atoms with van der Waals surface area (Å²) < 4.78 is 5.10. The number of allylic oxidation sites excluding steroid dienone is 1. The van der Waals surface area contributed by atoms with Crippen molar-refractivity contribution in [3.63, 3.8) is 0 Å². The van der Waals surface area contributed by atoms with Crippen LogP contribution in [0, 0.1) is 0 Å². The van der Waals surface area contributed by atoms with Crippen LogP contribution in [-0.2, 0) is 14.3 Å². The lowest BCUT2D eigenvalue weighted by Crippen LogP contribution is -2.23. The minimum absolute atomic E-state index is 0.0932. The van der Waals surface area contributed by atoms with E-state index in [2.05, 4.69) is 0 Å². The van der Waals surface area contributed by atoms with Crippen LogP contribution < -0.4 is 0 Å². The van der Waals surface area contributed by atoms with E-state index < -0.39 is 18.0 Å². The Morgan fingerprint density at radius 3 is 2.71 bits per heavy atom. The van der Waals surface area contributed by atoms with Gasteiger partial charge in [0.25, 0.3) is 0 Å². The number of ketones is 1. The molecule has 2 rings (SSSR count). The maximum atomic E-state index is 11.8. The van der Waals surface area contributed by atoms with Gasteiger partial charge in [-0.25, -0.2) is 0 Å². The minimum Gasteiger partial charge on any atom is -0.457 e. The maximum Gasteiger partial charge on any atom is 0.303 e. The Labute approximate surface area is 104 Å². The molecule has 0 spiro atoms. The summed E-state index contributed by atoms with van der Waals surface area (Å²) >= 11 is 6.05. The second kappa shape index (κ2) is 4.72. The standard InChI is InChI=1S/C13H11ClO3/c1-8(15)17-12-7-6-11(16)13(12)9-4-2-3-5-10(9)14/h2-7,12-13H,1H3/t12-,13-/m0/s1. The van der Waals surface area contributed by atoms with E-state index >= 15 is 0 Å². The molecule has 0 aromatic heterocycles. The van der Waals surface area contributed by atoms with E-state index in [9.17, 15) is 9.59 Å². The van der Waals surface area contributed by atoms with E-state index in [1.54, 1.807) is 30.3 Å². The van der Waals surface area contributed by atoms with E-state index in [1.165, 1.54) is 13.0 Å². The lowest BCUT2D eigenvalue weighted by atomic mass is 9.94. The Kier molecular flexibility index (Phi) is 3.29. The molecule has 0 fully saturated rings. The van der Waals surface area contributed by atoms with Crippen LogP contribution in [-0.4, -0.2) is 17.9 Å². The Morgan fingerprint density at radius 1 is 1.35 bits per heavy atom. The van der Waals surface area contributed by atoms with Crippen LogP contribution in [0.5, 0.6) is 0 Å². The molecule has 0 unspecified atom stereocenters. The molecule has 3 nitrogen and oxygen atoms in total. The number of carbonyl (C=O) groups excluding carboxylic acids is 2. The number of rotatable bonds is 2. The van der Waals surface area contributed by atoms with Gasteiger partial charge in [0.1, 0.15) is 6.10 Å². The number of hydrogen-bond donors (Lipinski definition) is 0. The first kappa shape index (κ1) is 11.9. The van der Waals surface area contributed by atoms with E-state index in [1.807, 2.05) is 0 Å². The third-order valence-electron chi connectivity index (χ3n) is 2.63. The van der Waals surface area contributed by atoms with Crippen molar-refractivity contribution in [3.8, 4) is 0 Å². The lowest BCUT2D eigenvalue weighted by molar-refractivity contribution is -0.145. The third kappa shape index (κ3) is 2.39. The van der Waals surface area contributed by atoms with Crippen molar-refractivity contribution in [2.75, 3.05) is 0 Å². The van der Waals surface area contributed by atoms with Crippen molar-refractivity contribution >= 4 is 23.4 Å². The number of carbonyl (C=O) groups is 2. The van der Waals surface area contributed by atoms with E-state index in [4.69, 9.17) is 16.3 Å². The summed E-state index contributed by atoms with van der Waals surface area (Å²) in [4.78, 5) is 22.7. The molecule has 1 aliphatic carbocycles. The summed E-state index contributed by atoms with van der Waals surface area (Å²) in [5.74, 6) is -1.02. The van der Waals surface area contributed by atoms with Crippen molar-refractivity contribution < 1.29 is 14.3 Å². The summed E-state index contributed by atoms with van der Waals surface area (Å²) in [6, 6.07) is 7.08. The highest BCUT2D eigenvalue weighted by atomic mass is 35.5. The second-order valence-corrected chi connectivity index (χ2v) is 4.24. The number of benzene rings is 1. The first-order valence-corrected chi connectivity index (χ1v) is 5.61. The SMILES string of the molecule is CC(=O)O[C@H]1C=CC(=O)[C@@H]1c1ccccc1Cl. The van der Waals surface area contributed by atoms with Crippen LogP contribution >= 0.6 is 11.6 Å². The zero-order valence-corrected chi connectivity index (χ0v) is 9.98. The Balaban J connectivity index is 2.33. The fraction of sp³-hybridized carbons (Fsp3) is 0.231. The summed E-state index contributed by atoms with van der Waals surface area (Å²) in [5, 5.41) is 0.506. The first-order valence-electron chi connectivity index (χ1n) is 5.23. The summed E-state index contributed by atoms with van der Waals surface area (Å²) in [7, 11) is 0. The first-order chi connectivity index (χ1) is 8.09. The molecule has 0 aliphatic heterocycles. The maximum absolute atomic E-state index is 11.8. The van der Waals surface area contributed by atoms with Crippen LogP contribution in [0.1, 0.15) is 18.4 Å². The molecule has 0 heterocycles. The summed E-state index contributed by atoms with van der Waals surface area (Å²) in [5.41, 5.74) is 0.690. The monoisotopic (exact) mass is 250 g/mol. The van der Waals surface area contributed by atoms with Crippen molar-refractivity contribution in [3.05, 3.63) is 47.0 Å². The number of ether oxygens (including phenoxy) is 1. The highest BCUT2D eigenvalue weighted by Crippen LogP contribution is 2.33. The topological polar surface area (TPSA) is 43.4 Å². The van der Waals surface area contributed by atoms with E-state index in [-0.39, 0.29) is 5.78 Å². The molecule has 0 saturated heterocycles. The largest absolute Gasteiger partial charge is 0.457 e. The predicted molar refractivity (Wildman–Crippen MR) is 63.9 cm³/mol. The number of halogens is 1. The highest BCUT2D eigenvalue weighted by Gasteiger charge is 2.34. The number of esters is 1. The highest BCUT2D eigenvalue weighted by molar-refractivity contribution is 6.31. The molecule has 0 bridgehead atoms. The smallest absolute Gasteiger partial charge is 0.303 e. The van der Waals surface area contributed by atoms with Crippen molar-refractivity contribution in [2.45, 2.75) is 18.9 Å². The molecule has 1 aromatic carbocycles. The molecule has 17 heavy (non-hydrogen) atoms. The number of hydrogen-bond acceptors (Lipinski definition) is 3. The molecular weight excluding hydrogens is 240 g/mol. The third-order valence-corrected chi connectivity index (χ3v) is 2.97. The summed E-state index contributed by atoms with van der Waals surface area (Å²) in [6.07, 6.45) is 2.47. The van der Waals surface area contributed by atoms with Crippen molar-refractivity contribution in [1.29, 1.82) is 0 Å². The van der Waals surface area contributed by atoms with Gasteiger partial charge >= 0.3 is 5.97 Å². The van der Waals surface area contributed by atoms with E-state index in [0.717, 1.165) is 0 Å². The average molecular weight is 251 g/mol. The van der Waals surface area contributed by atoms with Crippen LogP contribution in [0.3, 0.4) is 0 Å². The quantitative estimate of drug-likeness (QED) is 0.758. The Morgan fingerprint density at radius 2 is 2.06 bits per heavy atom. The zero-order valence-electron chi connectivity index (χ0n) is 9.22. The van der Waals surface area contributed by atoms with Gasteiger partial charge in [0, 0.05) is 11.9 Å². The van der Waals surface area contributed by atoms with Gasteiger partial charge in [0.05, 0.1) is 5.92 Å². The fourth-order valence-electron chi connectivity index (χ4n) is 1.92. The molecule has 88 valence electrons. The van der Waals surface area contributed by atoms with Gasteiger partial charge in [-0.15, -0.1) is 0 Å². The van der Waals surface area contributed by atoms with Crippen LogP contribution in [0.25, 0.3) is 0 Å².